The number of piperazine rings is 1. The Morgan fingerprint density at radius 2 is 2.50 bits per heavy atom. The molecule has 1 saturated heterocycles. The Bertz CT molecular complexity index is 205. The van der Waals surface area contributed by atoms with Crippen LogP contribution in [0.5, 0.6) is 0 Å². The Kier molecular flexibility index (Phi) is 2.65. The third-order valence-electron chi connectivity index (χ3n) is 1.92. The van der Waals surface area contributed by atoms with Gasteiger partial charge >= 0.3 is 0 Å². The van der Waals surface area contributed by atoms with Gasteiger partial charge in [0.25, 0.3) is 0 Å². The lowest BCUT2D eigenvalue weighted by atomic mass is 10.1. The fourth-order valence-corrected chi connectivity index (χ4v) is 1.23. The van der Waals surface area contributed by atoms with Crippen molar-refractivity contribution in [3.63, 3.8) is 0 Å². The van der Waals surface area contributed by atoms with E-state index < -0.39 is 11.9 Å². The van der Waals surface area contributed by atoms with Crippen LogP contribution < -0.4 is 11.1 Å². The smallest absolute Gasteiger partial charge is 0.240 e. The van der Waals surface area contributed by atoms with Crippen LogP contribution in [0.3, 0.4) is 0 Å². The fourth-order valence-electron chi connectivity index (χ4n) is 1.23. The first-order valence-electron chi connectivity index (χ1n) is 3.88. The average molecular weight is 171 g/mol. The van der Waals surface area contributed by atoms with Gasteiger partial charge in [-0.15, -0.1) is 0 Å². The van der Waals surface area contributed by atoms with Crippen LogP contribution in [0.4, 0.5) is 0 Å². The van der Waals surface area contributed by atoms with E-state index in [2.05, 4.69) is 5.32 Å². The molecule has 1 fully saturated rings. The van der Waals surface area contributed by atoms with E-state index in [1.165, 1.54) is 0 Å². The first-order chi connectivity index (χ1) is 5.61. The van der Waals surface area contributed by atoms with Gasteiger partial charge in [0.05, 0.1) is 12.5 Å². The molecule has 0 aromatic rings. The van der Waals surface area contributed by atoms with Crippen LogP contribution in [0.1, 0.15) is 6.42 Å². The number of likely N-dealkylation sites (N-methyl/N-ethyl adjacent to an activating group) is 1. The topological polar surface area (TPSA) is 75.4 Å². The summed E-state index contributed by atoms with van der Waals surface area (Å²) >= 11 is 0. The molecule has 0 aromatic heterocycles. The van der Waals surface area contributed by atoms with Crippen molar-refractivity contribution in [1.29, 1.82) is 0 Å². The van der Waals surface area contributed by atoms with Crippen LogP contribution in [0.2, 0.25) is 0 Å². The van der Waals surface area contributed by atoms with Crippen LogP contribution in [-0.4, -0.2) is 42.9 Å². The lowest BCUT2D eigenvalue weighted by molar-refractivity contribution is -0.136. The second-order valence-electron chi connectivity index (χ2n) is 2.94. The number of hydrogen-bond donors (Lipinski definition) is 2. The summed E-state index contributed by atoms with van der Waals surface area (Å²) in [7, 11) is 1.72. The maximum absolute atomic E-state index is 11.3. The van der Waals surface area contributed by atoms with Gasteiger partial charge in [0.1, 0.15) is 0 Å². The number of primary amides is 1. The maximum Gasteiger partial charge on any atom is 0.240 e. The Morgan fingerprint density at radius 1 is 1.83 bits per heavy atom. The summed E-state index contributed by atoms with van der Waals surface area (Å²) in [6.45, 7) is 1.41. The molecule has 12 heavy (non-hydrogen) atoms. The SMILES string of the molecule is CN1CCNC(CC(N)=O)C1=O. The lowest BCUT2D eigenvalue weighted by Gasteiger charge is -2.29. The third kappa shape index (κ3) is 1.94. The molecule has 0 aliphatic carbocycles. The Labute approximate surface area is 70.9 Å². The van der Waals surface area contributed by atoms with E-state index in [-0.39, 0.29) is 12.3 Å². The molecule has 5 heteroatoms. The van der Waals surface area contributed by atoms with Crippen LogP contribution in [0, 0.1) is 0 Å². The fraction of sp³-hybridized carbons (Fsp3) is 0.714. The van der Waals surface area contributed by atoms with E-state index in [1.807, 2.05) is 0 Å². The zero-order valence-corrected chi connectivity index (χ0v) is 7.04. The van der Waals surface area contributed by atoms with E-state index in [0.717, 1.165) is 6.54 Å². The predicted octanol–water partition coefficient (Wildman–Crippen LogP) is -1.71. The maximum atomic E-state index is 11.3. The highest BCUT2D eigenvalue weighted by Crippen LogP contribution is 2.01. The highest BCUT2D eigenvalue weighted by atomic mass is 16.2. The van der Waals surface area contributed by atoms with Crippen molar-refractivity contribution >= 4 is 11.8 Å². The minimum atomic E-state index is -0.448. The third-order valence-corrected chi connectivity index (χ3v) is 1.92. The molecule has 68 valence electrons. The van der Waals surface area contributed by atoms with Crippen LogP contribution in [0.15, 0.2) is 0 Å². The van der Waals surface area contributed by atoms with Crippen LogP contribution >= 0.6 is 0 Å². The van der Waals surface area contributed by atoms with E-state index in [9.17, 15) is 9.59 Å². The standard InChI is InChI=1S/C7H13N3O2/c1-10-3-2-9-5(7(10)12)4-6(8)11/h5,9H,2-4H2,1H3,(H2,8,11). The van der Waals surface area contributed by atoms with Crippen molar-refractivity contribution in [2.45, 2.75) is 12.5 Å². The largest absolute Gasteiger partial charge is 0.370 e. The summed E-state index contributed by atoms with van der Waals surface area (Å²) in [5, 5.41) is 2.94. The predicted molar refractivity (Wildman–Crippen MR) is 43.2 cm³/mol. The number of nitrogens with zero attached hydrogens (tertiary/aromatic N) is 1. The zero-order chi connectivity index (χ0) is 9.14. The summed E-state index contributed by atoms with van der Waals surface area (Å²) in [5.41, 5.74) is 4.98. The molecule has 1 heterocycles. The lowest BCUT2D eigenvalue weighted by Crippen LogP contribution is -2.54. The van der Waals surface area contributed by atoms with Gasteiger partial charge in [-0.1, -0.05) is 0 Å². The summed E-state index contributed by atoms with van der Waals surface area (Å²) in [6.07, 6.45) is 0.0865. The minimum absolute atomic E-state index is 0.0555. The molecule has 2 amide bonds. The summed E-state index contributed by atoms with van der Waals surface area (Å²) in [5.74, 6) is -0.504. The number of nitrogens with two attached hydrogens (primary N) is 1. The monoisotopic (exact) mass is 171 g/mol. The second-order valence-corrected chi connectivity index (χ2v) is 2.94. The molecule has 1 aliphatic heterocycles. The molecule has 1 unspecified atom stereocenters. The number of carbonyl (C=O) groups is 2. The second kappa shape index (κ2) is 3.53. The minimum Gasteiger partial charge on any atom is -0.370 e. The first-order valence-corrected chi connectivity index (χ1v) is 3.88. The quantitative estimate of drug-likeness (QED) is 0.519. The van der Waals surface area contributed by atoms with Crippen molar-refractivity contribution in [3.8, 4) is 0 Å². The number of rotatable bonds is 2. The molecule has 0 saturated carbocycles. The van der Waals surface area contributed by atoms with Gasteiger partial charge in [0, 0.05) is 20.1 Å². The highest BCUT2D eigenvalue weighted by molar-refractivity contribution is 5.88. The summed E-state index contributed by atoms with van der Waals surface area (Å²) in [4.78, 5) is 23.4. The van der Waals surface area contributed by atoms with Gasteiger partial charge < -0.3 is 16.0 Å². The summed E-state index contributed by atoms with van der Waals surface area (Å²) < 4.78 is 0. The van der Waals surface area contributed by atoms with E-state index in [4.69, 9.17) is 5.73 Å². The zero-order valence-electron chi connectivity index (χ0n) is 7.04. The Morgan fingerprint density at radius 3 is 3.08 bits per heavy atom. The highest BCUT2D eigenvalue weighted by Gasteiger charge is 2.26. The normalized spacial score (nSPS) is 24.2. The van der Waals surface area contributed by atoms with Gasteiger partial charge in [0.15, 0.2) is 0 Å². The Hall–Kier alpha value is -1.10. The number of carbonyl (C=O) groups excluding carboxylic acids is 2. The van der Waals surface area contributed by atoms with Crippen molar-refractivity contribution in [2.24, 2.45) is 5.73 Å². The van der Waals surface area contributed by atoms with Gasteiger partial charge in [0.2, 0.25) is 11.8 Å². The van der Waals surface area contributed by atoms with Gasteiger partial charge in [-0.2, -0.15) is 0 Å². The molecule has 0 radical (unpaired) electrons. The molecule has 0 spiro atoms. The molecule has 1 atom stereocenters. The van der Waals surface area contributed by atoms with Crippen molar-refractivity contribution in [3.05, 3.63) is 0 Å². The average Bonchev–Trinajstić information content (AvgIpc) is 1.98. The molecule has 0 bridgehead atoms. The van der Waals surface area contributed by atoms with E-state index in [1.54, 1.807) is 11.9 Å². The van der Waals surface area contributed by atoms with E-state index in [0.29, 0.717) is 6.54 Å². The Balaban J connectivity index is 2.52. The molecular formula is C7H13N3O2. The molecule has 0 aromatic carbocycles. The number of nitrogens with one attached hydrogen (secondary N) is 1. The first kappa shape index (κ1) is 8.99. The van der Waals surface area contributed by atoms with Gasteiger partial charge in [-0.25, -0.2) is 0 Å². The number of amides is 2. The molecule has 1 aliphatic rings. The molecular weight excluding hydrogens is 158 g/mol. The van der Waals surface area contributed by atoms with Gasteiger partial charge in [-0.3, -0.25) is 9.59 Å². The van der Waals surface area contributed by atoms with Crippen LogP contribution in [0.25, 0.3) is 0 Å². The summed E-state index contributed by atoms with van der Waals surface area (Å²) in [6, 6.07) is -0.416. The molecule has 1 rings (SSSR count). The molecule has 3 N–H and O–H groups in total. The molecule has 5 nitrogen and oxygen atoms in total. The van der Waals surface area contributed by atoms with E-state index >= 15 is 0 Å². The van der Waals surface area contributed by atoms with Crippen LogP contribution in [-0.2, 0) is 9.59 Å². The van der Waals surface area contributed by atoms with Crippen molar-refractivity contribution in [1.82, 2.24) is 10.2 Å². The number of hydrogen-bond acceptors (Lipinski definition) is 3. The van der Waals surface area contributed by atoms with Gasteiger partial charge in [-0.05, 0) is 0 Å². The van der Waals surface area contributed by atoms with Crippen molar-refractivity contribution < 1.29 is 9.59 Å². The van der Waals surface area contributed by atoms with Crippen molar-refractivity contribution in [2.75, 3.05) is 20.1 Å².